The Bertz CT molecular complexity index is 1300. The maximum atomic E-state index is 14.0. The van der Waals surface area contributed by atoms with E-state index in [0.717, 1.165) is 42.1 Å². The van der Waals surface area contributed by atoms with Gasteiger partial charge >= 0.3 is 11.9 Å². The van der Waals surface area contributed by atoms with E-state index in [1.165, 1.54) is 4.90 Å². The zero-order chi connectivity index (χ0) is 29.8. The van der Waals surface area contributed by atoms with E-state index in [0.29, 0.717) is 30.7 Å². The molecule has 2 aliphatic heterocycles. The van der Waals surface area contributed by atoms with E-state index in [2.05, 4.69) is 11.6 Å². The van der Waals surface area contributed by atoms with E-state index in [4.69, 9.17) is 9.47 Å². The molecule has 2 N–H and O–H groups in total. The van der Waals surface area contributed by atoms with Gasteiger partial charge in [0.05, 0.1) is 25.1 Å². The van der Waals surface area contributed by atoms with Crippen LogP contribution in [0.2, 0.25) is 0 Å². The highest BCUT2D eigenvalue weighted by Crippen LogP contribution is 2.45. The highest BCUT2D eigenvalue weighted by atomic mass is 16.6. The quantitative estimate of drug-likeness (QED) is 0.222. The molecule has 0 aliphatic carbocycles. The maximum absolute atomic E-state index is 14.0. The molecule has 1 aromatic carbocycles. The molecule has 1 aromatic heterocycles. The van der Waals surface area contributed by atoms with E-state index in [1.807, 2.05) is 30.3 Å². The number of aliphatic hydroxyl groups is 1. The van der Waals surface area contributed by atoms with Crippen molar-refractivity contribution in [2.45, 2.75) is 102 Å². The van der Waals surface area contributed by atoms with Gasteiger partial charge in [-0.1, -0.05) is 37.1 Å². The largest absolute Gasteiger partial charge is 0.483 e. The van der Waals surface area contributed by atoms with E-state index in [9.17, 15) is 24.6 Å². The van der Waals surface area contributed by atoms with Gasteiger partial charge < -0.3 is 24.6 Å². The molecular weight excluding hydrogens is 524 g/mol. The number of rotatable bonds is 11. The van der Waals surface area contributed by atoms with Crippen LogP contribution in [0.3, 0.4) is 0 Å². The average Bonchev–Trinajstić information content (AvgIpc) is 3.29. The normalized spacial score (nSPS) is 20.9. The Morgan fingerprint density at radius 2 is 2.00 bits per heavy atom. The van der Waals surface area contributed by atoms with Crippen LogP contribution in [0.25, 0.3) is 10.9 Å². The van der Waals surface area contributed by atoms with Crippen molar-refractivity contribution in [1.82, 2.24) is 9.88 Å². The Balaban J connectivity index is 1.59. The van der Waals surface area contributed by atoms with Crippen LogP contribution >= 0.6 is 0 Å². The van der Waals surface area contributed by atoms with Crippen molar-refractivity contribution in [1.29, 1.82) is 0 Å². The zero-order valence-corrected chi connectivity index (χ0v) is 24.4. The number of aliphatic hydroxyl groups excluding tert-OH is 1. The van der Waals surface area contributed by atoms with Gasteiger partial charge in [-0.25, -0.2) is 9.78 Å². The molecule has 0 bridgehead atoms. The van der Waals surface area contributed by atoms with E-state index in [1.54, 1.807) is 20.8 Å². The number of hydrogen-bond acceptors (Lipinski definition) is 7. The van der Waals surface area contributed by atoms with Crippen molar-refractivity contribution < 1.29 is 34.1 Å². The second kappa shape index (κ2) is 12.6. The van der Waals surface area contributed by atoms with E-state index < -0.39 is 35.1 Å². The molecular formula is C32H42N2O7. The summed E-state index contributed by atoms with van der Waals surface area (Å²) in [6, 6.07) is 6.57. The summed E-state index contributed by atoms with van der Waals surface area (Å²) < 4.78 is 12.1. The Hall–Kier alpha value is -3.46. The third-order valence-corrected chi connectivity index (χ3v) is 7.93. The lowest BCUT2D eigenvalue weighted by Gasteiger charge is -2.37. The molecule has 2 aliphatic rings. The molecule has 41 heavy (non-hydrogen) atoms. The predicted molar refractivity (Wildman–Crippen MR) is 154 cm³/mol. The number of unbranched alkanes of at least 4 members (excludes halogenated alkanes) is 3. The number of benzene rings is 1. The molecule has 9 heteroatoms. The molecule has 2 aromatic rings. The first-order valence-electron chi connectivity index (χ1n) is 14.5. The molecule has 3 heterocycles. The minimum absolute atomic E-state index is 0.0845. The first-order valence-corrected chi connectivity index (χ1v) is 14.5. The van der Waals surface area contributed by atoms with Gasteiger partial charge in [0.25, 0.3) is 0 Å². The Morgan fingerprint density at radius 1 is 1.24 bits per heavy atom. The van der Waals surface area contributed by atoms with E-state index >= 15 is 0 Å². The summed E-state index contributed by atoms with van der Waals surface area (Å²) in [5.74, 6) is -2.16. The van der Waals surface area contributed by atoms with Crippen LogP contribution in [-0.2, 0) is 32.1 Å². The SMILES string of the molecule is C=CCCCCC[C@H](CC(=O)OC(C)(C)C)C(=O)N1C[C@@]2(CCc3c(c(CO)nc4ccccc34)O2)C[C@H]1C(=O)O. The molecule has 1 amide bonds. The van der Waals surface area contributed by atoms with Crippen LogP contribution < -0.4 is 4.74 Å². The number of hydrogen-bond donors (Lipinski definition) is 2. The van der Waals surface area contributed by atoms with Crippen molar-refractivity contribution in [3.63, 3.8) is 0 Å². The van der Waals surface area contributed by atoms with Crippen LogP contribution in [-0.4, -0.2) is 61.7 Å². The van der Waals surface area contributed by atoms with Crippen LogP contribution in [0.5, 0.6) is 5.75 Å². The number of carbonyl (C=O) groups excluding carboxylic acids is 2. The van der Waals surface area contributed by atoms with Crippen LogP contribution in [0.4, 0.5) is 0 Å². The number of allylic oxidation sites excluding steroid dienone is 1. The number of amides is 1. The average molecular weight is 567 g/mol. The molecule has 1 fully saturated rings. The van der Waals surface area contributed by atoms with Gasteiger partial charge in [0.1, 0.15) is 28.7 Å². The molecule has 3 atom stereocenters. The van der Waals surface area contributed by atoms with Crippen molar-refractivity contribution in [3.8, 4) is 5.75 Å². The number of nitrogens with zero attached hydrogens (tertiary/aromatic N) is 2. The fourth-order valence-electron chi connectivity index (χ4n) is 6.06. The van der Waals surface area contributed by atoms with Crippen molar-refractivity contribution in [2.75, 3.05) is 6.54 Å². The molecule has 222 valence electrons. The number of ether oxygens (including phenoxy) is 2. The van der Waals surface area contributed by atoms with Gasteiger partial charge in [0, 0.05) is 23.3 Å². The molecule has 9 nitrogen and oxygen atoms in total. The molecule has 1 saturated heterocycles. The third-order valence-electron chi connectivity index (χ3n) is 7.93. The number of carboxylic acids is 1. The lowest BCUT2D eigenvalue weighted by molar-refractivity contribution is -0.159. The first kappa shape index (κ1) is 30.5. The molecule has 0 unspecified atom stereocenters. The summed E-state index contributed by atoms with van der Waals surface area (Å²) in [5, 5.41) is 21.2. The number of pyridine rings is 1. The summed E-state index contributed by atoms with van der Waals surface area (Å²) in [4.78, 5) is 45.2. The standard InChI is InChI=1S/C32H42N2O7/c1-5-6-7-8-9-12-21(17-27(36)40-31(2,3)4)29(37)34-20-32(18-26(34)30(38)39)16-15-23-22-13-10-11-14-24(22)33-25(19-35)28(23)41-32/h5,10-11,13-14,21,26,35H,1,6-9,12,15-20H2,2-4H3,(H,38,39)/t21-,26+,32-/m1/s1. The van der Waals surface area contributed by atoms with Gasteiger partial charge in [-0.15, -0.1) is 6.58 Å². The summed E-state index contributed by atoms with van der Waals surface area (Å²) in [5.41, 5.74) is 0.475. The molecule has 4 rings (SSSR count). The van der Waals surface area contributed by atoms with Crippen molar-refractivity contribution in [3.05, 3.63) is 48.2 Å². The van der Waals surface area contributed by atoms with Gasteiger partial charge in [-0.05, 0) is 58.9 Å². The predicted octanol–water partition coefficient (Wildman–Crippen LogP) is 4.96. The highest BCUT2D eigenvalue weighted by molar-refractivity contribution is 5.89. The van der Waals surface area contributed by atoms with Gasteiger partial charge in [-0.2, -0.15) is 0 Å². The topological polar surface area (TPSA) is 126 Å². The summed E-state index contributed by atoms with van der Waals surface area (Å²) in [7, 11) is 0. The minimum Gasteiger partial charge on any atom is -0.483 e. The molecule has 0 radical (unpaired) electrons. The Kier molecular flexibility index (Phi) is 9.37. The number of esters is 1. The second-order valence-corrected chi connectivity index (χ2v) is 12.3. The third kappa shape index (κ3) is 7.07. The monoisotopic (exact) mass is 566 g/mol. The number of aryl methyl sites for hydroxylation is 1. The number of aliphatic carboxylic acids is 1. The minimum atomic E-state index is -1.11. The Morgan fingerprint density at radius 3 is 2.68 bits per heavy atom. The lowest BCUT2D eigenvalue weighted by Crippen LogP contribution is -2.46. The molecule has 1 spiro atoms. The van der Waals surface area contributed by atoms with E-state index in [-0.39, 0.29) is 31.9 Å². The van der Waals surface area contributed by atoms with Crippen LogP contribution in [0.1, 0.15) is 83.4 Å². The fraction of sp³-hybridized carbons (Fsp3) is 0.562. The number of carboxylic acid groups (broad SMARTS) is 1. The zero-order valence-electron chi connectivity index (χ0n) is 24.4. The van der Waals surface area contributed by atoms with Crippen LogP contribution in [0.15, 0.2) is 36.9 Å². The molecule has 0 saturated carbocycles. The maximum Gasteiger partial charge on any atom is 0.326 e. The number of fused-ring (bicyclic) bond motifs is 3. The number of aromatic nitrogens is 1. The summed E-state index contributed by atoms with van der Waals surface area (Å²) in [6.45, 7) is 8.84. The van der Waals surface area contributed by atoms with Crippen molar-refractivity contribution >= 4 is 28.7 Å². The smallest absolute Gasteiger partial charge is 0.326 e. The van der Waals surface area contributed by atoms with Crippen LogP contribution in [0, 0.1) is 5.92 Å². The van der Waals surface area contributed by atoms with Gasteiger partial charge in [0.2, 0.25) is 5.91 Å². The number of carbonyl (C=O) groups is 3. The summed E-state index contributed by atoms with van der Waals surface area (Å²) in [6.07, 6.45) is 6.85. The van der Waals surface area contributed by atoms with Crippen molar-refractivity contribution in [2.24, 2.45) is 5.92 Å². The highest BCUT2D eigenvalue weighted by Gasteiger charge is 2.53. The second-order valence-electron chi connectivity index (χ2n) is 12.3. The van der Waals surface area contributed by atoms with Gasteiger partial charge in [-0.3, -0.25) is 9.59 Å². The first-order chi connectivity index (χ1) is 19.5. The Labute approximate surface area is 241 Å². The summed E-state index contributed by atoms with van der Waals surface area (Å²) >= 11 is 0. The lowest BCUT2D eigenvalue weighted by atomic mass is 9.87. The number of likely N-dealkylation sites (tertiary alicyclic amines) is 1. The fourth-order valence-corrected chi connectivity index (χ4v) is 6.06. The number of para-hydroxylation sites is 1. The van der Waals surface area contributed by atoms with Gasteiger partial charge in [0.15, 0.2) is 0 Å².